The fourth-order valence-electron chi connectivity index (χ4n) is 1.85. The number of carbonyl (C=O) groups is 1. The van der Waals surface area contributed by atoms with E-state index in [1.54, 1.807) is 0 Å². The highest BCUT2D eigenvalue weighted by Crippen LogP contribution is 2.16. The lowest BCUT2D eigenvalue weighted by molar-refractivity contribution is 0.0918. The maximum Gasteiger partial charge on any atom is 0.253 e. The number of hydrogen-bond donors (Lipinski definition) is 1. The molecule has 94 valence electrons. The fourth-order valence-corrected chi connectivity index (χ4v) is 1.85. The highest BCUT2D eigenvalue weighted by atomic mass is 16.1. The lowest BCUT2D eigenvalue weighted by Crippen LogP contribution is -2.40. The molecular formula is C15H18N2O. The predicted molar refractivity (Wildman–Crippen MR) is 73.7 cm³/mol. The molecule has 3 heteroatoms. The van der Waals surface area contributed by atoms with E-state index in [9.17, 15) is 4.79 Å². The van der Waals surface area contributed by atoms with E-state index in [4.69, 9.17) is 0 Å². The Morgan fingerprint density at radius 2 is 1.89 bits per heavy atom. The molecule has 1 heterocycles. The van der Waals surface area contributed by atoms with E-state index < -0.39 is 0 Å². The highest BCUT2D eigenvalue weighted by molar-refractivity contribution is 5.98. The molecule has 0 aliphatic heterocycles. The summed E-state index contributed by atoms with van der Waals surface area (Å²) in [4.78, 5) is 16.6. The van der Waals surface area contributed by atoms with Gasteiger partial charge in [-0.3, -0.25) is 9.78 Å². The number of aromatic nitrogens is 1. The molecule has 2 rings (SSSR count). The zero-order valence-electron chi connectivity index (χ0n) is 11.2. The summed E-state index contributed by atoms with van der Waals surface area (Å²) in [5.41, 5.74) is 2.08. The van der Waals surface area contributed by atoms with Crippen molar-refractivity contribution in [3.05, 3.63) is 41.6 Å². The monoisotopic (exact) mass is 242 g/mol. The normalized spacial score (nSPS) is 11.6. The lowest BCUT2D eigenvalue weighted by Gasteiger charge is -2.21. The highest BCUT2D eigenvalue weighted by Gasteiger charge is 2.17. The molecule has 0 unspecified atom stereocenters. The largest absolute Gasteiger partial charge is 0.347 e. The van der Waals surface area contributed by atoms with Gasteiger partial charge in [-0.2, -0.15) is 0 Å². The molecule has 18 heavy (non-hydrogen) atoms. The van der Waals surface area contributed by atoms with Crippen molar-refractivity contribution in [3.63, 3.8) is 0 Å². The molecule has 0 fully saturated rings. The second-order valence-electron chi connectivity index (χ2n) is 5.52. The molecular weight excluding hydrogens is 224 g/mol. The minimum Gasteiger partial charge on any atom is -0.347 e. The molecule has 1 aromatic carbocycles. The SMILES string of the molecule is Cc1nc2ccccc2cc1C(=O)NC(C)(C)C. The average molecular weight is 242 g/mol. The number of pyridine rings is 1. The van der Waals surface area contributed by atoms with Crippen molar-refractivity contribution in [3.8, 4) is 0 Å². The van der Waals surface area contributed by atoms with Crippen LogP contribution in [0.5, 0.6) is 0 Å². The van der Waals surface area contributed by atoms with Crippen LogP contribution in [0.1, 0.15) is 36.8 Å². The zero-order valence-corrected chi connectivity index (χ0v) is 11.2. The number of amides is 1. The van der Waals surface area contributed by atoms with Gasteiger partial charge in [0.25, 0.3) is 5.91 Å². The van der Waals surface area contributed by atoms with Crippen LogP contribution in [-0.4, -0.2) is 16.4 Å². The van der Waals surface area contributed by atoms with Gasteiger partial charge in [-0.25, -0.2) is 0 Å². The molecule has 0 saturated carbocycles. The van der Waals surface area contributed by atoms with Gasteiger partial charge in [0.15, 0.2) is 0 Å². The van der Waals surface area contributed by atoms with Crippen LogP contribution < -0.4 is 5.32 Å². The van der Waals surface area contributed by atoms with E-state index in [-0.39, 0.29) is 11.4 Å². The van der Waals surface area contributed by atoms with E-state index in [1.165, 1.54) is 0 Å². The van der Waals surface area contributed by atoms with Crippen LogP contribution in [0.25, 0.3) is 10.9 Å². The maximum absolute atomic E-state index is 12.2. The summed E-state index contributed by atoms with van der Waals surface area (Å²) in [6, 6.07) is 9.72. The number of benzene rings is 1. The van der Waals surface area contributed by atoms with Crippen LogP contribution in [0.3, 0.4) is 0 Å². The molecule has 1 amide bonds. The van der Waals surface area contributed by atoms with Gasteiger partial charge in [0.1, 0.15) is 0 Å². The molecule has 1 aromatic heterocycles. The van der Waals surface area contributed by atoms with Gasteiger partial charge in [0, 0.05) is 10.9 Å². The Balaban J connectivity index is 2.45. The fraction of sp³-hybridized carbons (Fsp3) is 0.333. The van der Waals surface area contributed by atoms with Crippen molar-refractivity contribution < 1.29 is 4.79 Å². The summed E-state index contributed by atoms with van der Waals surface area (Å²) in [6.07, 6.45) is 0. The summed E-state index contributed by atoms with van der Waals surface area (Å²) in [5, 5.41) is 3.95. The molecule has 3 nitrogen and oxygen atoms in total. The van der Waals surface area contributed by atoms with Crippen LogP contribution in [0, 0.1) is 6.92 Å². The Labute approximate surface area is 107 Å². The van der Waals surface area contributed by atoms with E-state index in [1.807, 2.05) is 58.0 Å². The van der Waals surface area contributed by atoms with Crippen LogP contribution in [0.4, 0.5) is 0 Å². The van der Waals surface area contributed by atoms with Crippen molar-refractivity contribution in [2.75, 3.05) is 0 Å². The van der Waals surface area contributed by atoms with Crippen molar-refractivity contribution in [1.82, 2.24) is 10.3 Å². The van der Waals surface area contributed by atoms with Gasteiger partial charge < -0.3 is 5.32 Å². The van der Waals surface area contributed by atoms with Gasteiger partial charge in [-0.05, 0) is 39.8 Å². The van der Waals surface area contributed by atoms with Crippen molar-refractivity contribution >= 4 is 16.8 Å². The summed E-state index contributed by atoms with van der Waals surface area (Å²) in [5.74, 6) is -0.0711. The smallest absolute Gasteiger partial charge is 0.253 e. The third-order valence-electron chi connectivity index (χ3n) is 2.65. The Hall–Kier alpha value is -1.90. The van der Waals surface area contributed by atoms with Crippen LogP contribution >= 0.6 is 0 Å². The summed E-state index contributed by atoms with van der Waals surface area (Å²) >= 11 is 0. The summed E-state index contributed by atoms with van der Waals surface area (Å²) in [7, 11) is 0. The van der Waals surface area contributed by atoms with Crippen LogP contribution in [-0.2, 0) is 0 Å². The number of hydrogen-bond acceptors (Lipinski definition) is 2. The first kappa shape index (κ1) is 12.6. The van der Waals surface area contributed by atoms with Gasteiger partial charge in [-0.15, -0.1) is 0 Å². The number of rotatable bonds is 1. The minimum absolute atomic E-state index is 0.0711. The van der Waals surface area contributed by atoms with Crippen molar-refractivity contribution in [2.45, 2.75) is 33.2 Å². The van der Waals surface area contributed by atoms with Crippen molar-refractivity contribution in [1.29, 1.82) is 0 Å². The van der Waals surface area contributed by atoms with Crippen molar-refractivity contribution in [2.24, 2.45) is 0 Å². The number of nitrogens with one attached hydrogen (secondary N) is 1. The second-order valence-corrected chi connectivity index (χ2v) is 5.52. The zero-order chi connectivity index (χ0) is 13.3. The Kier molecular flexibility index (Phi) is 3.07. The number of carbonyl (C=O) groups excluding carboxylic acids is 1. The van der Waals surface area contributed by atoms with Gasteiger partial charge in [-0.1, -0.05) is 18.2 Å². The molecule has 0 saturated heterocycles. The quantitative estimate of drug-likeness (QED) is 0.835. The van der Waals surface area contributed by atoms with Gasteiger partial charge in [0.05, 0.1) is 16.8 Å². The first-order valence-electron chi connectivity index (χ1n) is 6.06. The van der Waals surface area contributed by atoms with E-state index in [2.05, 4.69) is 10.3 Å². The van der Waals surface area contributed by atoms with E-state index >= 15 is 0 Å². The average Bonchev–Trinajstić information content (AvgIpc) is 2.25. The predicted octanol–water partition coefficient (Wildman–Crippen LogP) is 3.07. The number of para-hydroxylation sites is 1. The van der Waals surface area contributed by atoms with Gasteiger partial charge >= 0.3 is 0 Å². The molecule has 0 aliphatic rings. The first-order valence-corrected chi connectivity index (χ1v) is 6.06. The molecule has 0 atom stereocenters. The maximum atomic E-state index is 12.2. The standard InChI is InChI=1S/C15H18N2O/c1-10-12(14(18)17-15(2,3)4)9-11-7-5-6-8-13(11)16-10/h5-9H,1-4H3,(H,17,18). The van der Waals surface area contributed by atoms with Crippen LogP contribution in [0.2, 0.25) is 0 Å². The molecule has 0 radical (unpaired) electrons. The topological polar surface area (TPSA) is 42.0 Å². The molecule has 1 N–H and O–H groups in total. The number of nitrogens with zero attached hydrogens (tertiary/aromatic N) is 1. The number of fused-ring (bicyclic) bond motifs is 1. The third kappa shape index (κ3) is 2.67. The lowest BCUT2D eigenvalue weighted by atomic mass is 10.1. The van der Waals surface area contributed by atoms with E-state index in [0.717, 1.165) is 16.6 Å². The van der Waals surface area contributed by atoms with E-state index in [0.29, 0.717) is 5.56 Å². The molecule has 0 aliphatic carbocycles. The minimum atomic E-state index is -0.241. The second kappa shape index (κ2) is 4.41. The first-order chi connectivity index (χ1) is 8.37. The Morgan fingerprint density at radius 1 is 1.22 bits per heavy atom. The molecule has 0 bridgehead atoms. The Bertz CT molecular complexity index is 597. The summed E-state index contributed by atoms with van der Waals surface area (Å²) in [6.45, 7) is 7.77. The van der Waals surface area contributed by atoms with Crippen LogP contribution in [0.15, 0.2) is 30.3 Å². The third-order valence-corrected chi connectivity index (χ3v) is 2.65. The number of aryl methyl sites for hydroxylation is 1. The Morgan fingerprint density at radius 3 is 2.56 bits per heavy atom. The summed E-state index contributed by atoms with van der Waals surface area (Å²) < 4.78 is 0. The molecule has 2 aromatic rings. The molecule has 0 spiro atoms. The van der Waals surface area contributed by atoms with Gasteiger partial charge in [0.2, 0.25) is 0 Å².